The van der Waals surface area contributed by atoms with Crippen LogP contribution in [0.4, 0.5) is 0 Å². The Hall–Kier alpha value is -1.83. The molecule has 0 unspecified atom stereocenters. The second-order valence-corrected chi connectivity index (χ2v) is 4.30. The summed E-state index contributed by atoms with van der Waals surface area (Å²) in [5, 5.41) is 8.93. The maximum atomic E-state index is 8.93. The molecule has 1 rings (SSSR count). The van der Waals surface area contributed by atoms with Crippen LogP contribution in [-0.2, 0) is 0 Å². The van der Waals surface area contributed by atoms with Crippen LogP contribution in [-0.4, -0.2) is 23.2 Å². The standard InChI is InChI=1S/C14H21N3O2/c1-4-6-8-18-13-11(3)14(19-9-7-5-2)17-12(10-15)16-13/h4-9H2,1-3H3. The monoisotopic (exact) mass is 263 g/mol. The molecule has 0 amide bonds. The maximum Gasteiger partial charge on any atom is 0.238 e. The summed E-state index contributed by atoms with van der Waals surface area (Å²) in [5.41, 5.74) is 0.756. The highest BCUT2D eigenvalue weighted by Crippen LogP contribution is 2.24. The first-order valence-corrected chi connectivity index (χ1v) is 6.77. The minimum atomic E-state index is 0.0867. The third-order valence-corrected chi connectivity index (χ3v) is 2.63. The van der Waals surface area contributed by atoms with E-state index < -0.39 is 0 Å². The van der Waals surface area contributed by atoms with Gasteiger partial charge < -0.3 is 9.47 Å². The van der Waals surface area contributed by atoms with Crippen LogP contribution >= 0.6 is 0 Å². The van der Waals surface area contributed by atoms with Crippen LogP contribution in [0, 0.1) is 18.3 Å². The molecule has 5 nitrogen and oxygen atoms in total. The van der Waals surface area contributed by atoms with E-state index in [4.69, 9.17) is 14.7 Å². The van der Waals surface area contributed by atoms with E-state index in [0.29, 0.717) is 25.0 Å². The summed E-state index contributed by atoms with van der Waals surface area (Å²) in [6, 6.07) is 1.93. The Labute approximate surface area is 114 Å². The molecular weight excluding hydrogens is 242 g/mol. The van der Waals surface area contributed by atoms with Gasteiger partial charge in [0.2, 0.25) is 17.6 Å². The molecule has 0 N–H and O–H groups in total. The van der Waals surface area contributed by atoms with Crippen molar-refractivity contribution in [3.05, 3.63) is 11.4 Å². The minimum absolute atomic E-state index is 0.0867. The number of hydrogen-bond donors (Lipinski definition) is 0. The first-order valence-electron chi connectivity index (χ1n) is 6.77. The molecule has 0 aliphatic heterocycles. The van der Waals surface area contributed by atoms with E-state index >= 15 is 0 Å². The van der Waals surface area contributed by atoms with E-state index in [1.54, 1.807) is 0 Å². The molecule has 0 bridgehead atoms. The smallest absolute Gasteiger partial charge is 0.238 e. The van der Waals surface area contributed by atoms with Gasteiger partial charge in [-0.25, -0.2) is 0 Å². The fourth-order valence-electron chi connectivity index (χ4n) is 1.43. The zero-order chi connectivity index (χ0) is 14.1. The predicted molar refractivity (Wildman–Crippen MR) is 72.3 cm³/mol. The van der Waals surface area contributed by atoms with Crippen molar-refractivity contribution < 1.29 is 9.47 Å². The number of rotatable bonds is 8. The Morgan fingerprint density at radius 1 is 1.00 bits per heavy atom. The Morgan fingerprint density at radius 2 is 1.47 bits per heavy atom. The maximum absolute atomic E-state index is 8.93. The molecule has 0 atom stereocenters. The molecule has 1 heterocycles. The van der Waals surface area contributed by atoms with Gasteiger partial charge in [-0.15, -0.1) is 0 Å². The third-order valence-electron chi connectivity index (χ3n) is 2.63. The summed E-state index contributed by atoms with van der Waals surface area (Å²) in [5.74, 6) is 0.988. The Kier molecular flexibility index (Phi) is 6.65. The van der Waals surface area contributed by atoms with Crippen LogP contribution in [0.15, 0.2) is 0 Å². The second kappa shape index (κ2) is 8.30. The quantitative estimate of drug-likeness (QED) is 0.674. The summed E-state index contributed by atoms with van der Waals surface area (Å²) in [6.07, 6.45) is 4.01. The van der Waals surface area contributed by atoms with Gasteiger partial charge >= 0.3 is 0 Å². The first-order chi connectivity index (χ1) is 9.22. The van der Waals surface area contributed by atoms with Crippen molar-refractivity contribution in [3.8, 4) is 17.8 Å². The number of aromatic nitrogens is 2. The van der Waals surface area contributed by atoms with Crippen molar-refractivity contribution in [3.63, 3.8) is 0 Å². The van der Waals surface area contributed by atoms with E-state index in [1.165, 1.54) is 0 Å². The zero-order valence-corrected chi connectivity index (χ0v) is 11.9. The van der Waals surface area contributed by atoms with Gasteiger partial charge in [0.25, 0.3) is 0 Å². The lowest BCUT2D eigenvalue weighted by Crippen LogP contribution is -2.07. The number of nitriles is 1. The highest BCUT2D eigenvalue weighted by atomic mass is 16.5. The van der Waals surface area contributed by atoms with Crippen molar-refractivity contribution in [2.24, 2.45) is 0 Å². The van der Waals surface area contributed by atoms with Gasteiger partial charge in [-0.1, -0.05) is 26.7 Å². The summed E-state index contributed by atoms with van der Waals surface area (Å²) in [6.45, 7) is 7.22. The van der Waals surface area contributed by atoms with Gasteiger partial charge in [0, 0.05) is 0 Å². The molecule has 1 aromatic rings. The third kappa shape index (κ3) is 4.74. The number of hydrogen-bond acceptors (Lipinski definition) is 5. The predicted octanol–water partition coefficient (Wildman–Crippen LogP) is 3.01. The molecule has 0 aliphatic carbocycles. The average Bonchev–Trinajstić information content (AvgIpc) is 2.42. The van der Waals surface area contributed by atoms with E-state index in [2.05, 4.69) is 23.8 Å². The lowest BCUT2D eigenvalue weighted by molar-refractivity contribution is 0.274. The van der Waals surface area contributed by atoms with Crippen LogP contribution < -0.4 is 9.47 Å². The van der Waals surface area contributed by atoms with Crippen molar-refractivity contribution >= 4 is 0 Å². The molecule has 0 aliphatic rings. The van der Waals surface area contributed by atoms with Crippen LogP contribution in [0.5, 0.6) is 11.8 Å². The molecule has 1 aromatic heterocycles. The van der Waals surface area contributed by atoms with Crippen molar-refractivity contribution in [1.29, 1.82) is 5.26 Å². The SMILES string of the molecule is CCCCOc1nc(C#N)nc(OCCCC)c1C. The molecule has 104 valence electrons. The van der Waals surface area contributed by atoms with E-state index in [0.717, 1.165) is 31.2 Å². The number of ether oxygens (including phenoxy) is 2. The lowest BCUT2D eigenvalue weighted by Gasteiger charge is -2.12. The topological polar surface area (TPSA) is 68.0 Å². The normalized spacial score (nSPS) is 10.0. The first kappa shape index (κ1) is 15.2. The van der Waals surface area contributed by atoms with Crippen molar-refractivity contribution in [1.82, 2.24) is 9.97 Å². The number of nitrogens with zero attached hydrogens (tertiary/aromatic N) is 3. The van der Waals surface area contributed by atoms with Gasteiger partial charge in [0.15, 0.2) is 0 Å². The Bertz CT molecular complexity index is 410. The summed E-state index contributed by atoms with van der Waals surface area (Å²) in [4.78, 5) is 8.15. The molecule has 0 radical (unpaired) electrons. The van der Waals surface area contributed by atoms with Gasteiger partial charge in [0.05, 0.1) is 18.8 Å². The fraction of sp³-hybridized carbons (Fsp3) is 0.643. The number of unbranched alkanes of at least 4 members (excludes halogenated alkanes) is 2. The summed E-state index contributed by atoms with van der Waals surface area (Å²) in [7, 11) is 0. The molecule has 19 heavy (non-hydrogen) atoms. The molecule has 0 aromatic carbocycles. The van der Waals surface area contributed by atoms with Gasteiger partial charge in [-0.05, 0) is 19.8 Å². The van der Waals surface area contributed by atoms with Gasteiger partial charge in [0.1, 0.15) is 6.07 Å². The van der Waals surface area contributed by atoms with Crippen molar-refractivity contribution in [2.45, 2.75) is 46.5 Å². The van der Waals surface area contributed by atoms with Crippen LogP contribution in [0.1, 0.15) is 50.9 Å². The molecule has 0 fully saturated rings. The van der Waals surface area contributed by atoms with Crippen LogP contribution in [0.25, 0.3) is 0 Å². The fourth-order valence-corrected chi connectivity index (χ4v) is 1.43. The largest absolute Gasteiger partial charge is 0.477 e. The van der Waals surface area contributed by atoms with Gasteiger partial charge in [-0.2, -0.15) is 15.2 Å². The Balaban J connectivity index is 2.84. The van der Waals surface area contributed by atoms with E-state index in [1.807, 2.05) is 13.0 Å². The lowest BCUT2D eigenvalue weighted by atomic mass is 10.3. The van der Waals surface area contributed by atoms with E-state index in [-0.39, 0.29) is 5.82 Å². The average molecular weight is 263 g/mol. The van der Waals surface area contributed by atoms with Crippen LogP contribution in [0.3, 0.4) is 0 Å². The summed E-state index contributed by atoms with van der Waals surface area (Å²) >= 11 is 0. The second-order valence-electron chi connectivity index (χ2n) is 4.30. The summed E-state index contributed by atoms with van der Waals surface area (Å²) < 4.78 is 11.2. The highest BCUT2D eigenvalue weighted by Gasteiger charge is 2.13. The minimum Gasteiger partial charge on any atom is -0.477 e. The molecule has 0 saturated heterocycles. The van der Waals surface area contributed by atoms with Crippen molar-refractivity contribution in [2.75, 3.05) is 13.2 Å². The molecule has 5 heteroatoms. The Morgan fingerprint density at radius 3 is 1.84 bits per heavy atom. The van der Waals surface area contributed by atoms with E-state index in [9.17, 15) is 0 Å². The molecule has 0 spiro atoms. The molecule has 0 saturated carbocycles. The molecular formula is C14H21N3O2. The zero-order valence-electron chi connectivity index (χ0n) is 11.9. The van der Waals surface area contributed by atoms with Gasteiger partial charge in [-0.3, -0.25) is 0 Å². The van der Waals surface area contributed by atoms with Crippen LogP contribution in [0.2, 0.25) is 0 Å². The highest BCUT2D eigenvalue weighted by molar-refractivity contribution is 5.36.